The van der Waals surface area contributed by atoms with Gasteiger partial charge in [0.25, 0.3) is 0 Å². The second-order valence-electron chi connectivity index (χ2n) is 4.84. The molecule has 0 aliphatic rings. The monoisotopic (exact) mass is 328 g/mol. The van der Waals surface area contributed by atoms with Crippen molar-refractivity contribution in [2.45, 2.75) is 31.8 Å². The van der Waals surface area contributed by atoms with Gasteiger partial charge in [0.2, 0.25) is 10.0 Å². The average Bonchev–Trinajstić information content (AvgIpc) is 2.96. The van der Waals surface area contributed by atoms with E-state index in [1.54, 1.807) is 23.2 Å². The van der Waals surface area contributed by atoms with Crippen molar-refractivity contribution >= 4 is 21.4 Å². The second-order valence-corrected chi connectivity index (χ2v) is 7.57. The summed E-state index contributed by atoms with van der Waals surface area (Å²) < 4.78 is 29.3. The van der Waals surface area contributed by atoms with Crippen LogP contribution in [0.15, 0.2) is 16.3 Å². The third kappa shape index (κ3) is 3.34. The van der Waals surface area contributed by atoms with Crippen LogP contribution in [-0.4, -0.2) is 25.2 Å². The van der Waals surface area contributed by atoms with E-state index in [0.29, 0.717) is 11.4 Å². The van der Waals surface area contributed by atoms with Crippen LogP contribution in [-0.2, 0) is 30.2 Å². The fourth-order valence-corrected chi connectivity index (χ4v) is 4.62. The summed E-state index contributed by atoms with van der Waals surface area (Å²) in [7, 11) is 0.140. The zero-order valence-corrected chi connectivity index (χ0v) is 14.2. The summed E-state index contributed by atoms with van der Waals surface area (Å²) in [6.45, 7) is 4.61. The summed E-state index contributed by atoms with van der Waals surface area (Å²) >= 11 is 1.43. The standard InChI is InChI=1S/C13H20N4O2S2/c1-9-11(10(2)17(4)16-9)7-15-21(18,19)13-5-6-20-12(13)8-14-3/h5-6,14-15H,7-8H2,1-4H3. The van der Waals surface area contributed by atoms with Crippen LogP contribution in [0, 0.1) is 13.8 Å². The van der Waals surface area contributed by atoms with E-state index in [0.717, 1.165) is 21.8 Å². The molecular weight excluding hydrogens is 308 g/mol. The molecule has 0 aliphatic carbocycles. The second kappa shape index (κ2) is 6.27. The Morgan fingerprint density at radius 1 is 1.33 bits per heavy atom. The maximum Gasteiger partial charge on any atom is 0.242 e. The predicted octanol–water partition coefficient (Wildman–Crippen LogP) is 1.30. The molecule has 0 spiro atoms. The largest absolute Gasteiger partial charge is 0.315 e. The lowest BCUT2D eigenvalue weighted by Crippen LogP contribution is -2.24. The van der Waals surface area contributed by atoms with Crippen molar-refractivity contribution in [1.82, 2.24) is 19.8 Å². The van der Waals surface area contributed by atoms with Crippen molar-refractivity contribution in [1.29, 1.82) is 0 Å². The number of hydrogen-bond donors (Lipinski definition) is 2. The van der Waals surface area contributed by atoms with Crippen molar-refractivity contribution in [3.05, 3.63) is 33.3 Å². The number of aromatic nitrogens is 2. The molecule has 0 saturated heterocycles. The van der Waals surface area contributed by atoms with Crippen LogP contribution in [0.1, 0.15) is 21.8 Å². The van der Waals surface area contributed by atoms with Crippen LogP contribution in [0.5, 0.6) is 0 Å². The molecule has 0 fully saturated rings. The minimum Gasteiger partial charge on any atom is -0.315 e. The highest BCUT2D eigenvalue weighted by atomic mass is 32.2. The lowest BCUT2D eigenvalue weighted by atomic mass is 10.2. The molecule has 116 valence electrons. The summed E-state index contributed by atoms with van der Waals surface area (Å²) in [5.74, 6) is 0. The Labute approximate surface area is 129 Å². The molecule has 2 N–H and O–H groups in total. The normalized spacial score (nSPS) is 12.0. The van der Waals surface area contributed by atoms with Gasteiger partial charge in [0.05, 0.1) is 10.6 Å². The molecule has 0 amide bonds. The molecule has 0 atom stereocenters. The summed E-state index contributed by atoms with van der Waals surface area (Å²) in [6, 6.07) is 1.64. The highest BCUT2D eigenvalue weighted by Crippen LogP contribution is 2.22. The molecule has 0 bridgehead atoms. The van der Waals surface area contributed by atoms with Gasteiger partial charge >= 0.3 is 0 Å². The van der Waals surface area contributed by atoms with Gasteiger partial charge in [0, 0.05) is 36.3 Å². The van der Waals surface area contributed by atoms with Crippen LogP contribution in [0.25, 0.3) is 0 Å². The molecule has 6 nitrogen and oxygen atoms in total. The minimum absolute atomic E-state index is 0.253. The first-order valence-corrected chi connectivity index (χ1v) is 8.92. The van der Waals surface area contributed by atoms with Crippen LogP contribution in [0.3, 0.4) is 0 Å². The number of sulfonamides is 1. The van der Waals surface area contributed by atoms with E-state index in [9.17, 15) is 8.42 Å². The van der Waals surface area contributed by atoms with Crippen molar-refractivity contribution in [2.24, 2.45) is 7.05 Å². The maximum atomic E-state index is 12.4. The number of rotatable bonds is 6. The third-order valence-electron chi connectivity index (χ3n) is 3.43. The van der Waals surface area contributed by atoms with E-state index in [2.05, 4.69) is 15.1 Å². The van der Waals surface area contributed by atoms with Gasteiger partial charge in [0.15, 0.2) is 0 Å². The summed E-state index contributed by atoms with van der Waals surface area (Å²) in [5, 5.41) is 9.07. The Kier molecular flexibility index (Phi) is 4.82. The van der Waals surface area contributed by atoms with E-state index in [4.69, 9.17) is 0 Å². The number of nitrogens with one attached hydrogen (secondary N) is 2. The van der Waals surface area contributed by atoms with Gasteiger partial charge < -0.3 is 5.32 Å². The van der Waals surface area contributed by atoms with Gasteiger partial charge in [0.1, 0.15) is 0 Å². The zero-order valence-electron chi connectivity index (χ0n) is 12.6. The van der Waals surface area contributed by atoms with Crippen LogP contribution < -0.4 is 10.0 Å². The molecule has 0 radical (unpaired) electrons. The zero-order chi connectivity index (χ0) is 15.6. The Hall–Kier alpha value is -1.22. The molecule has 8 heteroatoms. The molecule has 2 aromatic heterocycles. The highest BCUT2D eigenvalue weighted by molar-refractivity contribution is 7.89. The summed E-state index contributed by atoms with van der Waals surface area (Å²) in [6.07, 6.45) is 0. The van der Waals surface area contributed by atoms with E-state index < -0.39 is 10.0 Å². The third-order valence-corrected chi connectivity index (χ3v) is 5.97. The molecule has 0 saturated carbocycles. The fourth-order valence-electron chi connectivity index (χ4n) is 2.18. The molecule has 0 aliphatic heterocycles. The van der Waals surface area contributed by atoms with Crippen LogP contribution in [0.4, 0.5) is 0 Å². The maximum absolute atomic E-state index is 12.4. The Morgan fingerprint density at radius 3 is 2.62 bits per heavy atom. The molecule has 21 heavy (non-hydrogen) atoms. The van der Waals surface area contributed by atoms with Crippen molar-refractivity contribution in [3.63, 3.8) is 0 Å². The first-order valence-electron chi connectivity index (χ1n) is 6.56. The molecule has 2 aromatic rings. The van der Waals surface area contributed by atoms with Gasteiger partial charge in [-0.25, -0.2) is 13.1 Å². The van der Waals surface area contributed by atoms with E-state index in [1.165, 1.54) is 11.3 Å². The predicted molar refractivity (Wildman–Crippen MR) is 83.8 cm³/mol. The van der Waals surface area contributed by atoms with Crippen molar-refractivity contribution in [3.8, 4) is 0 Å². The van der Waals surface area contributed by atoms with E-state index >= 15 is 0 Å². The first kappa shape index (κ1) is 16.2. The number of hydrogen-bond acceptors (Lipinski definition) is 5. The van der Waals surface area contributed by atoms with Crippen molar-refractivity contribution < 1.29 is 8.42 Å². The smallest absolute Gasteiger partial charge is 0.242 e. The number of thiophene rings is 1. The highest BCUT2D eigenvalue weighted by Gasteiger charge is 2.20. The lowest BCUT2D eigenvalue weighted by Gasteiger charge is -2.08. The van der Waals surface area contributed by atoms with Gasteiger partial charge in [-0.15, -0.1) is 11.3 Å². The Bertz CT molecular complexity index is 731. The van der Waals surface area contributed by atoms with Crippen molar-refractivity contribution in [2.75, 3.05) is 7.05 Å². The average molecular weight is 328 g/mol. The first-order chi connectivity index (χ1) is 9.86. The molecule has 2 rings (SSSR count). The molecule has 2 heterocycles. The van der Waals surface area contributed by atoms with Crippen LogP contribution >= 0.6 is 11.3 Å². The molecule has 0 unspecified atom stereocenters. The minimum atomic E-state index is -3.51. The van der Waals surface area contributed by atoms with E-state index in [1.807, 2.05) is 20.9 Å². The van der Waals surface area contributed by atoms with E-state index in [-0.39, 0.29) is 6.54 Å². The SMILES string of the molecule is CNCc1sccc1S(=O)(=O)NCc1c(C)nn(C)c1C. The van der Waals surface area contributed by atoms with Gasteiger partial charge in [-0.05, 0) is 32.3 Å². The summed E-state index contributed by atoms with van der Waals surface area (Å²) in [4.78, 5) is 1.16. The topological polar surface area (TPSA) is 76.0 Å². The van der Waals surface area contributed by atoms with Crippen LogP contribution in [0.2, 0.25) is 0 Å². The van der Waals surface area contributed by atoms with Gasteiger partial charge in [-0.2, -0.15) is 5.10 Å². The summed E-state index contributed by atoms with van der Waals surface area (Å²) in [5.41, 5.74) is 2.74. The number of aryl methyl sites for hydroxylation is 2. The quantitative estimate of drug-likeness (QED) is 0.838. The molecule has 0 aromatic carbocycles. The Balaban J connectivity index is 2.20. The van der Waals surface area contributed by atoms with Gasteiger partial charge in [-0.1, -0.05) is 0 Å². The fraction of sp³-hybridized carbons (Fsp3) is 0.462. The lowest BCUT2D eigenvalue weighted by molar-refractivity contribution is 0.580. The number of nitrogens with zero attached hydrogens (tertiary/aromatic N) is 2. The molecular formula is C13H20N4O2S2. The Morgan fingerprint density at radius 2 is 2.05 bits per heavy atom. The van der Waals surface area contributed by atoms with Gasteiger partial charge in [-0.3, -0.25) is 4.68 Å².